The third kappa shape index (κ3) is 2.55. The van der Waals surface area contributed by atoms with Crippen LogP contribution in [0.4, 0.5) is 4.39 Å². The van der Waals surface area contributed by atoms with Gasteiger partial charge in [-0.15, -0.1) is 0 Å². The summed E-state index contributed by atoms with van der Waals surface area (Å²) in [5.74, 6) is -1.33. The predicted molar refractivity (Wildman–Crippen MR) is 56.2 cm³/mol. The van der Waals surface area contributed by atoms with Gasteiger partial charge in [0.2, 0.25) is 0 Å². The quantitative estimate of drug-likeness (QED) is 0.717. The summed E-state index contributed by atoms with van der Waals surface area (Å²) in [6, 6.07) is 4.84. The van der Waals surface area contributed by atoms with Gasteiger partial charge in [0.15, 0.2) is 0 Å². The molecule has 0 bridgehead atoms. The Morgan fingerprint density at radius 3 is 2.73 bits per heavy atom. The molecule has 1 atom stereocenters. The normalized spacial score (nSPS) is 12.3. The van der Waals surface area contributed by atoms with E-state index in [1.54, 1.807) is 19.1 Å². The van der Waals surface area contributed by atoms with Crippen molar-refractivity contribution in [2.24, 2.45) is 0 Å². The first kappa shape index (κ1) is 11.7. The number of hydrogen-bond acceptors (Lipinski definition) is 2. The van der Waals surface area contributed by atoms with Crippen LogP contribution in [0.1, 0.15) is 30.9 Å². The van der Waals surface area contributed by atoms with Gasteiger partial charge in [0, 0.05) is 5.56 Å². The molecule has 2 nitrogen and oxygen atoms in total. The van der Waals surface area contributed by atoms with E-state index in [4.69, 9.17) is 0 Å². The van der Waals surface area contributed by atoms with E-state index in [1.807, 2.05) is 6.92 Å². The largest absolute Gasteiger partial charge is 0.469 e. The van der Waals surface area contributed by atoms with E-state index in [1.165, 1.54) is 13.2 Å². The van der Waals surface area contributed by atoms with Crippen molar-refractivity contribution in [1.82, 2.24) is 0 Å². The molecular weight excluding hydrogens is 195 g/mol. The Hall–Kier alpha value is -1.38. The number of ether oxygens (including phenoxy) is 1. The number of esters is 1. The van der Waals surface area contributed by atoms with Gasteiger partial charge in [0.25, 0.3) is 0 Å². The van der Waals surface area contributed by atoms with Crippen molar-refractivity contribution < 1.29 is 13.9 Å². The summed E-state index contributed by atoms with van der Waals surface area (Å²) in [6.07, 6.45) is 0.821. The van der Waals surface area contributed by atoms with Crippen LogP contribution in [0.15, 0.2) is 18.2 Å². The fourth-order valence-electron chi connectivity index (χ4n) is 1.45. The Labute approximate surface area is 89.1 Å². The fraction of sp³-hybridized carbons (Fsp3) is 0.417. The maximum Gasteiger partial charge on any atom is 0.312 e. The summed E-state index contributed by atoms with van der Waals surface area (Å²) in [5, 5.41) is 0. The average molecular weight is 210 g/mol. The minimum atomic E-state index is -0.554. The highest BCUT2D eigenvalue weighted by Gasteiger charge is 2.19. The third-order valence-corrected chi connectivity index (χ3v) is 2.49. The topological polar surface area (TPSA) is 26.3 Å². The highest BCUT2D eigenvalue weighted by molar-refractivity contribution is 5.77. The second kappa shape index (κ2) is 4.91. The van der Waals surface area contributed by atoms with Gasteiger partial charge in [-0.3, -0.25) is 4.79 Å². The molecule has 0 fully saturated rings. The molecule has 0 aromatic heterocycles. The summed E-state index contributed by atoms with van der Waals surface area (Å²) in [6.45, 7) is 3.63. The number of aryl methyl sites for hydroxylation is 1. The number of rotatable bonds is 3. The van der Waals surface area contributed by atoms with Gasteiger partial charge in [0.1, 0.15) is 5.82 Å². The number of benzene rings is 1. The van der Waals surface area contributed by atoms with Gasteiger partial charge in [-0.05, 0) is 25.0 Å². The molecule has 15 heavy (non-hydrogen) atoms. The molecule has 0 aliphatic rings. The SMILES string of the molecule is CCc1ccc(F)c(C(C)C(=O)OC)c1. The number of carbonyl (C=O) groups is 1. The van der Waals surface area contributed by atoms with Gasteiger partial charge >= 0.3 is 5.97 Å². The van der Waals surface area contributed by atoms with Crippen LogP contribution in [0.2, 0.25) is 0 Å². The van der Waals surface area contributed by atoms with Crippen molar-refractivity contribution in [1.29, 1.82) is 0 Å². The van der Waals surface area contributed by atoms with E-state index >= 15 is 0 Å². The lowest BCUT2D eigenvalue weighted by atomic mass is 9.98. The summed E-state index contributed by atoms with van der Waals surface area (Å²) < 4.78 is 18.0. The molecule has 0 heterocycles. The number of methoxy groups -OCH3 is 1. The van der Waals surface area contributed by atoms with Crippen LogP contribution in [0.5, 0.6) is 0 Å². The number of carbonyl (C=O) groups excluding carboxylic acids is 1. The second-order valence-corrected chi connectivity index (χ2v) is 3.45. The van der Waals surface area contributed by atoms with Crippen molar-refractivity contribution in [2.75, 3.05) is 7.11 Å². The van der Waals surface area contributed by atoms with Crippen LogP contribution in [0.25, 0.3) is 0 Å². The Balaban J connectivity index is 3.06. The van der Waals surface area contributed by atoms with Crippen LogP contribution in [0.3, 0.4) is 0 Å². The van der Waals surface area contributed by atoms with E-state index < -0.39 is 11.9 Å². The Kier molecular flexibility index (Phi) is 3.83. The zero-order valence-electron chi connectivity index (χ0n) is 9.21. The Morgan fingerprint density at radius 2 is 2.20 bits per heavy atom. The molecule has 1 aromatic rings. The lowest BCUT2D eigenvalue weighted by Crippen LogP contribution is -2.12. The first-order chi connectivity index (χ1) is 7.10. The monoisotopic (exact) mass is 210 g/mol. The molecule has 0 aliphatic heterocycles. The minimum absolute atomic E-state index is 0.356. The smallest absolute Gasteiger partial charge is 0.312 e. The molecule has 0 saturated heterocycles. The van der Waals surface area contributed by atoms with Crippen LogP contribution in [-0.4, -0.2) is 13.1 Å². The maximum atomic E-state index is 13.4. The van der Waals surface area contributed by atoms with Crippen LogP contribution >= 0.6 is 0 Å². The van der Waals surface area contributed by atoms with Gasteiger partial charge in [-0.1, -0.05) is 19.1 Å². The van der Waals surface area contributed by atoms with Crippen molar-refractivity contribution in [2.45, 2.75) is 26.2 Å². The molecule has 0 radical (unpaired) electrons. The fourth-order valence-corrected chi connectivity index (χ4v) is 1.45. The number of hydrogen-bond donors (Lipinski definition) is 0. The summed E-state index contributed by atoms with van der Waals surface area (Å²) >= 11 is 0. The van der Waals surface area contributed by atoms with Crippen LogP contribution in [0, 0.1) is 5.82 Å². The standard InChI is InChI=1S/C12H15FO2/c1-4-9-5-6-11(13)10(7-9)8(2)12(14)15-3/h5-8H,4H2,1-3H3. The van der Waals surface area contributed by atoms with Crippen LogP contribution in [-0.2, 0) is 16.0 Å². The lowest BCUT2D eigenvalue weighted by Gasteiger charge is -2.11. The van der Waals surface area contributed by atoms with Crippen molar-refractivity contribution >= 4 is 5.97 Å². The zero-order valence-corrected chi connectivity index (χ0v) is 9.21. The molecule has 3 heteroatoms. The van der Waals surface area contributed by atoms with Gasteiger partial charge < -0.3 is 4.74 Å². The minimum Gasteiger partial charge on any atom is -0.469 e. The second-order valence-electron chi connectivity index (χ2n) is 3.45. The van der Waals surface area contributed by atoms with E-state index in [0.717, 1.165) is 12.0 Å². The van der Waals surface area contributed by atoms with Crippen molar-refractivity contribution in [3.05, 3.63) is 35.1 Å². The van der Waals surface area contributed by atoms with Crippen molar-refractivity contribution in [3.63, 3.8) is 0 Å². The maximum absolute atomic E-state index is 13.4. The molecular formula is C12H15FO2. The average Bonchev–Trinajstić information content (AvgIpc) is 2.27. The van der Waals surface area contributed by atoms with E-state index in [-0.39, 0.29) is 5.82 Å². The third-order valence-electron chi connectivity index (χ3n) is 2.49. The summed E-state index contributed by atoms with van der Waals surface area (Å²) in [5.41, 5.74) is 1.42. The first-order valence-corrected chi connectivity index (χ1v) is 4.96. The van der Waals surface area contributed by atoms with E-state index in [9.17, 15) is 9.18 Å². The van der Waals surface area contributed by atoms with Crippen molar-refractivity contribution in [3.8, 4) is 0 Å². The lowest BCUT2D eigenvalue weighted by molar-refractivity contribution is -0.142. The molecule has 0 N–H and O–H groups in total. The molecule has 82 valence electrons. The molecule has 0 saturated carbocycles. The van der Waals surface area contributed by atoms with E-state index in [2.05, 4.69) is 4.74 Å². The van der Waals surface area contributed by atoms with Crippen LogP contribution < -0.4 is 0 Å². The van der Waals surface area contributed by atoms with Gasteiger partial charge in [-0.2, -0.15) is 0 Å². The molecule has 0 amide bonds. The van der Waals surface area contributed by atoms with Gasteiger partial charge in [-0.25, -0.2) is 4.39 Å². The van der Waals surface area contributed by atoms with E-state index in [0.29, 0.717) is 5.56 Å². The molecule has 1 unspecified atom stereocenters. The Bertz CT molecular complexity index is 361. The van der Waals surface area contributed by atoms with Gasteiger partial charge in [0.05, 0.1) is 13.0 Å². The molecule has 1 rings (SSSR count). The molecule has 0 spiro atoms. The predicted octanol–water partition coefficient (Wildman–Crippen LogP) is 2.66. The number of halogens is 1. The molecule has 1 aromatic carbocycles. The highest BCUT2D eigenvalue weighted by Crippen LogP contribution is 2.21. The summed E-state index contributed by atoms with van der Waals surface area (Å²) in [7, 11) is 1.31. The zero-order chi connectivity index (χ0) is 11.4. The molecule has 0 aliphatic carbocycles. The summed E-state index contributed by atoms with van der Waals surface area (Å²) in [4.78, 5) is 11.3. The first-order valence-electron chi connectivity index (χ1n) is 4.96. The highest BCUT2D eigenvalue weighted by atomic mass is 19.1. The Morgan fingerprint density at radius 1 is 1.53 bits per heavy atom.